The zero-order valence-corrected chi connectivity index (χ0v) is 14.4. The number of nitrogens with zero attached hydrogens (tertiary/aromatic N) is 4. The summed E-state index contributed by atoms with van der Waals surface area (Å²) in [6.45, 7) is 1.81. The van der Waals surface area contributed by atoms with Gasteiger partial charge in [0.05, 0.1) is 6.20 Å². The molecule has 2 aromatic heterocycles. The standard InChI is InChI=1S/C16H14Cl2N4O2/c1-10-8-19-22(16(23)15(10)18)9-14-20-13(21-24-14)7-4-11-2-5-12(17)6-3-11/h2-3,5-6,8H,4,7,9H2,1H3. The lowest BCUT2D eigenvalue weighted by molar-refractivity contribution is 0.358. The van der Waals surface area contributed by atoms with Crippen molar-refractivity contribution < 1.29 is 4.52 Å². The molecule has 0 amide bonds. The maximum atomic E-state index is 12.0. The van der Waals surface area contributed by atoms with Crippen molar-refractivity contribution in [3.63, 3.8) is 0 Å². The third-order valence-corrected chi connectivity index (χ3v) is 4.22. The molecular weight excluding hydrogens is 351 g/mol. The van der Waals surface area contributed by atoms with Gasteiger partial charge in [-0.3, -0.25) is 4.79 Å². The first-order valence-corrected chi connectivity index (χ1v) is 8.06. The van der Waals surface area contributed by atoms with Crippen LogP contribution in [0.3, 0.4) is 0 Å². The molecule has 0 spiro atoms. The van der Waals surface area contributed by atoms with Crippen LogP contribution in [0.4, 0.5) is 0 Å². The van der Waals surface area contributed by atoms with Gasteiger partial charge in [0.2, 0.25) is 5.89 Å². The molecule has 2 heterocycles. The average molecular weight is 365 g/mol. The Hall–Kier alpha value is -2.18. The van der Waals surface area contributed by atoms with Crippen LogP contribution in [-0.2, 0) is 19.4 Å². The van der Waals surface area contributed by atoms with Gasteiger partial charge >= 0.3 is 0 Å². The van der Waals surface area contributed by atoms with Gasteiger partial charge in [-0.05, 0) is 36.6 Å². The number of aryl methyl sites for hydroxylation is 3. The summed E-state index contributed by atoms with van der Waals surface area (Å²) >= 11 is 11.8. The summed E-state index contributed by atoms with van der Waals surface area (Å²) in [4.78, 5) is 16.3. The van der Waals surface area contributed by atoms with Crippen LogP contribution in [-0.4, -0.2) is 19.9 Å². The van der Waals surface area contributed by atoms with Gasteiger partial charge < -0.3 is 4.52 Å². The van der Waals surface area contributed by atoms with Crippen molar-refractivity contribution in [2.24, 2.45) is 0 Å². The third-order valence-electron chi connectivity index (χ3n) is 3.50. The lowest BCUT2D eigenvalue weighted by atomic mass is 10.1. The Kier molecular flexibility index (Phi) is 4.97. The predicted octanol–water partition coefficient (Wildman–Crippen LogP) is 3.08. The zero-order valence-electron chi connectivity index (χ0n) is 12.9. The average Bonchev–Trinajstić information content (AvgIpc) is 3.02. The highest BCUT2D eigenvalue weighted by molar-refractivity contribution is 6.31. The van der Waals surface area contributed by atoms with Crippen LogP contribution in [0.1, 0.15) is 22.8 Å². The Morgan fingerprint density at radius 1 is 1.17 bits per heavy atom. The summed E-state index contributed by atoms with van der Waals surface area (Å²) in [5, 5.41) is 8.80. The molecule has 6 nitrogen and oxygen atoms in total. The van der Waals surface area contributed by atoms with Gasteiger partial charge in [-0.2, -0.15) is 10.1 Å². The van der Waals surface area contributed by atoms with Crippen LogP contribution in [0.5, 0.6) is 0 Å². The van der Waals surface area contributed by atoms with Gasteiger partial charge in [0.25, 0.3) is 5.56 Å². The first-order valence-electron chi connectivity index (χ1n) is 7.31. The molecule has 0 N–H and O–H groups in total. The molecule has 0 bridgehead atoms. The Morgan fingerprint density at radius 2 is 1.92 bits per heavy atom. The van der Waals surface area contributed by atoms with E-state index in [0.29, 0.717) is 28.7 Å². The number of hydrogen-bond acceptors (Lipinski definition) is 5. The SMILES string of the molecule is Cc1cnn(Cc2nc(CCc3ccc(Cl)cc3)no2)c(=O)c1Cl. The minimum absolute atomic E-state index is 0.0901. The van der Waals surface area contributed by atoms with Crippen molar-refractivity contribution in [2.45, 2.75) is 26.3 Å². The van der Waals surface area contributed by atoms with Crippen LogP contribution in [0.15, 0.2) is 39.8 Å². The Bertz CT molecular complexity index is 903. The van der Waals surface area contributed by atoms with Crippen molar-refractivity contribution >= 4 is 23.2 Å². The summed E-state index contributed by atoms with van der Waals surface area (Å²) in [5.41, 5.74) is 1.39. The molecule has 1 aromatic carbocycles. The fraction of sp³-hybridized carbons (Fsp3) is 0.250. The fourth-order valence-electron chi connectivity index (χ4n) is 2.15. The lowest BCUT2D eigenvalue weighted by Gasteiger charge is -2.02. The maximum absolute atomic E-state index is 12.0. The Morgan fingerprint density at radius 3 is 2.67 bits per heavy atom. The number of rotatable bonds is 5. The second-order valence-electron chi connectivity index (χ2n) is 5.34. The highest BCUT2D eigenvalue weighted by Gasteiger charge is 2.11. The zero-order chi connectivity index (χ0) is 17.1. The van der Waals surface area contributed by atoms with E-state index in [2.05, 4.69) is 15.2 Å². The second-order valence-corrected chi connectivity index (χ2v) is 6.15. The number of benzene rings is 1. The molecule has 0 aliphatic carbocycles. The van der Waals surface area contributed by atoms with Crippen LogP contribution in [0.2, 0.25) is 10.0 Å². The summed E-state index contributed by atoms with van der Waals surface area (Å²) in [7, 11) is 0. The van der Waals surface area contributed by atoms with Gasteiger partial charge in [0, 0.05) is 11.4 Å². The second kappa shape index (κ2) is 7.15. The minimum atomic E-state index is -0.377. The predicted molar refractivity (Wildman–Crippen MR) is 90.5 cm³/mol. The highest BCUT2D eigenvalue weighted by atomic mass is 35.5. The number of aromatic nitrogens is 4. The first kappa shape index (κ1) is 16.7. The highest BCUT2D eigenvalue weighted by Crippen LogP contribution is 2.12. The largest absolute Gasteiger partial charge is 0.337 e. The lowest BCUT2D eigenvalue weighted by Crippen LogP contribution is -2.24. The molecule has 3 rings (SSSR count). The topological polar surface area (TPSA) is 73.8 Å². The van der Waals surface area contributed by atoms with Crippen LogP contribution in [0.25, 0.3) is 0 Å². The van der Waals surface area contributed by atoms with Gasteiger partial charge in [0.15, 0.2) is 5.82 Å². The molecule has 0 aliphatic rings. The van der Waals surface area contributed by atoms with Crippen LogP contribution >= 0.6 is 23.2 Å². The van der Waals surface area contributed by atoms with Gasteiger partial charge in [-0.25, -0.2) is 4.68 Å². The summed E-state index contributed by atoms with van der Waals surface area (Å²) in [6, 6.07) is 7.61. The van der Waals surface area contributed by atoms with Crippen molar-refractivity contribution in [1.82, 2.24) is 19.9 Å². The summed E-state index contributed by atoms with van der Waals surface area (Å²) in [5.74, 6) is 0.891. The van der Waals surface area contributed by atoms with Gasteiger partial charge in [-0.1, -0.05) is 40.5 Å². The molecule has 0 atom stereocenters. The fourth-order valence-corrected chi connectivity index (χ4v) is 2.42. The molecule has 24 heavy (non-hydrogen) atoms. The van der Waals surface area contributed by atoms with E-state index < -0.39 is 0 Å². The Balaban J connectivity index is 1.66. The molecule has 8 heteroatoms. The van der Waals surface area contributed by atoms with Crippen molar-refractivity contribution in [3.05, 3.63) is 73.7 Å². The summed E-state index contributed by atoms with van der Waals surface area (Å²) < 4.78 is 6.38. The smallest absolute Gasteiger partial charge is 0.286 e. The molecular formula is C16H14Cl2N4O2. The molecule has 0 radical (unpaired) electrons. The molecule has 0 saturated heterocycles. The van der Waals surface area contributed by atoms with E-state index in [0.717, 1.165) is 12.0 Å². The van der Waals surface area contributed by atoms with Gasteiger partial charge in [0.1, 0.15) is 11.6 Å². The van der Waals surface area contributed by atoms with Crippen LogP contribution in [0, 0.1) is 6.92 Å². The molecule has 0 aliphatic heterocycles. The van der Waals surface area contributed by atoms with E-state index in [1.807, 2.05) is 24.3 Å². The van der Waals surface area contributed by atoms with E-state index in [1.54, 1.807) is 6.92 Å². The third kappa shape index (κ3) is 3.83. The molecule has 0 unspecified atom stereocenters. The molecule has 124 valence electrons. The molecule has 0 saturated carbocycles. The van der Waals surface area contributed by atoms with E-state index in [4.69, 9.17) is 27.7 Å². The number of halogens is 2. The monoisotopic (exact) mass is 364 g/mol. The van der Waals surface area contributed by atoms with Crippen molar-refractivity contribution in [1.29, 1.82) is 0 Å². The van der Waals surface area contributed by atoms with Crippen molar-refractivity contribution in [3.8, 4) is 0 Å². The van der Waals surface area contributed by atoms with E-state index in [-0.39, 0.29) is 17.1 Å². The normalized spacial score (nSPS) is 11.0. The van der Waals surface area contributed by atoms with E-state index in [1.165, 1.54) is 10.9 Å². The van der Waals surface area contributed by atoms with Gasteiger partial charge in [-0.15, -0.1) is 0 Å². The van der Waals surface area contributed by atoms with E-state index >= 15 is 0 Å². The molecule has 0 fully saturated rings. The minimum Gasteiger partial charge on any atom is -0.337 e. The number of hydrogen-bond donors (Lipinski definition) is 0. The maximum Gasteiger partial charge on any atom is 0.286 e. The van der Waals surface area contributed by atoms with Crippen molar-refractivity contribution in [2.75, 3.05) is 0 Å². The Labute approximate surface area is 148 Å². The quantitative estimate of drug-likeness (QED) is 0.695. The first-order chi connectivity index (χ1) is 11.5. The van der Waals surface area contributed by atoms with Crippen LogP contribution < -0.4 is 5.56 Å². The summed E-state index contributed by atoms with van der Waals surface area (Å²) in [6.07, 6.45) is 2.92. The molecule has 3 aromatic rings. The van der Waals surface area contributed by atoms with E-state index in [9.17, 15) is 4.79 Å².